The van der Waals surface area contributed by atoms with Crippen molar-refractivity contribution in [3.63, 3.8) is 0 Å². The van der Waals surface area contributed by atoms with Crippen molar-refractivity contribution in [2.24, 2.45) is 0 Å². The standard InChI is InChI=1S/C15H12N2O/c1-2-14-13(8-5-9-17-14)15(18)12-7-4-3-6-11(12)10-16/h3-9H,2H2,1H3. The van der Waals surface area contributed by atoms with Gasteiger partial charge in [-0.15, -0.1) is 0 Å². The van der Waals surface area contributed by atoms with E-state index in [0.717, 1.165) is 5.69 Å². The molecule has 0 bridgehead atoms. The lowest BCUT2D eigenvalue weighted by molar-refractivity contribution is 0.103. The summed E-state index contributed by atoms with van der Waals surface area (Å²) in [5.41, 5.74) is 2.16. The van der Waals surface area contributed by atoms with E-state index in [2.05, 4.69) is 4.98 Å². The van der Waals surface area contributed by atoms with Gasteiger partial charge in [-0.2, -0.15) is 5.26 Å². The lowest BCUT2D eigenvalue weighted by Crippen LogP contribution is -2.08. The zero-order valence-electron chi connectivity index (χ0n) is 10.1. The molecule has 0 aliphatic rings. The summed E-state index contributed by atoms with van der Waals surface area (Å²) < 4.78 is 0. The van der Waals surface area contributed by atoms with E-state index in [4.69, 9.17) is 5.26 Å². The lowest BCUT2D eigenvalue weighted by Gasteiger charge is -2.06. The highest BCUT2D eigenvalue weighted by atomic mass is 16.1. The van der Waals surface area contributed by atoms with Crippen LogP contribution in [-0.4, -0.2) is 10.8 Å². The maximum Gasteiger partial charge on any atom is 0.196 e. The third-order valence-electron chi connectivity index (χ3n) is 2.76. The molecule has 0 spiro atoms. The molecule has 1 heterocycles. The van der Waals surface area contributed by atoms with Gasteiger partial charge >= 0.3 is 0 Å². The van der Waals surface area contributed by atoms with Crippen molar-refractivity contribution in [2.45, 2.75) is 13.3 Å². The van der Waals surface area contributed by atoms with Crippen molar-refractivity contribution in [3.8, 4) is 6.07 Å². The van der Waals surface area contributed by atoms with Gasteiger partial charge in [0.25, 0.3) is 0 Å². The number of ketones is 1. The maximum absolute atomic E-state index is 12.4. The predicted octanol–water partition coefficient (Wildman–Crippen LogP) is 2.75. The van der Waals surface area contributed by atoms with Crippen LogP contribution in [0.2, 0.25) is 0 Å². The second-order valence-electron chi connectivity index (χ2n) is 3.84. The summed E-state index contributed by atoms with van der Waals surface area (Å²) in [4.78, 5) is 16.6. The Morgan fingerprint density at radius 1 is 1.22 bits per heavy atom. The maximum atomic E-state index is 12.4. The van der Waals surface area contributed by atoms with E-state index >= 15 is 0 Å². The van der Waals surface area contributed by atoms with Gasteiger partial charge in [-0.05, 0) is 30.7 Å². The zero-order valence-corrected chi connectivity index (χ0v) is 10.1. The van der Waals surface area contributed by atoms with Crippen molar-refractivity contribution in [2.75, 3.05) is 0 Å². The molecule has 1 aromatic heterocycles. The second kappa shape index (κ2) is 5.24. The first-order chi connectivity index (χ1) is 8.77. The van der Waals surface area contributed by atoms with Gasteiger partial charge in [0.05, 0.1) is 17.3 Å². The van der Waals surface area contributed by atoms with Gasteiger partial charge in [0.2, 0.25) is 0 Å². The van der Waals surface area contributed by atoms with Crippen LogP contribution in [0.15, 0.2) is 42.6 Å². The van der Waals surface area contributed by atoms with Gasteiger partial charge in [-0.25, -0.2) is 0 Å². The molecule has 0 amide bonds. The minimum Gasteiger partial charge on any atom is -0.288 e. The van der Waals surface area contributed by atoms with E-state index in [1.807, 2.05) is 13.0 Å². The fourth-order valence-corrected chi connectivity index (χ4v) is 1.85. The summed E-state index contributed by atoms with van der Waals surface area (Å²) in [5.74, 6) is -0.142. The number of hydrogen-bond donors (Lipinski definition) is 0. The van der Waals surface area contributed by atoms with Crippen LogP contribution in [0.4, 0.5) is 0 Å². The first-order valence-corrected chi connectivity index (χ1v) is 5.75. The van der Waals surface area contributed by atoms with Crippen LogP contribution < -0.4 is 0 Å². The SMILES string of the molecule is CCc1ncccc1C(=O)c1ccccc1C#N. The Bertz CT molecular complexity index is 626. The van der Waals surface area contributed by atoms with Crippen LogP contribution in [0, 0.1) is 11.3 Å². The smallest absolute Gasteiger partial charge is 0.196 e. The number of nitriles is 1. The van der Waals surface area contributed by atoms with Crippen LogP contribution in [0.1, 0.15) is 34.1 Å². The minimum absolute atomic E-state index is 0.142. The quantitative estimate of drug-likeness (QED) is 0.770. The number of benzene rings is 1. The summed E-state index contributed by atoms with van der Waals surface area (Å²) in [6.07, 6.45) is 2.36. The van der Waals surface area contributed by atoms with Gasteiger partial charge in [-0.3, -0.25) is 9.78 Å². The number of hydrogen-bond acceptors (Lipinski definition) is 3. The number of rotatable bonds is 3. The Morgan fingerprint density at radius 2 is 1.94 bits per heavy atom. The molecule has 0 fully saturated rings. The Labute approximate surface area is 106 Å². The van der Waals surface area contributed by atoms with Gasteiger partial charge < -0.3 is 0 Å². The Hall–Kier alpha value is -2.47. The van der Waals surface area contributed by atoms with E-state index in [1.165, 1.54) is 0 Å². The van der Waals surface area contributed by atoms with Crippen molar-refractivity contribution in [1.82, 2.24) is 4.98 Å². The second-order valence-corrected chi connectivity index (χ2v) is 3.84. The third-order valence-corrected chi connectivity index (χ3v) is 2.76. The molecular weight excluding hydrogens is 224 g/mol. The van der Waals surface area contributed by atoms with Crippen molar-refractivity contribution < 1.29 is 4.79 Å². The molecule has 0 saturated carbocycles. The summed E-state index contributed by atoms with van der Waals surface area (Å²) >= 11 is 0. The summed E-state index contributed by atoms with van der Waals surface area (Å²) in [6.45, 7) is 1.95. The summed E-state index contributed by atoms with van der Waals surface area (Å²) in [5, 5.41) is 9.02. The molecule has 3 heteroatoms. The van der Waals surface area contributed by atoms with Gasteiger partial charge in [0.1, 0.15) is 0 Å². The lowest BCUT2D eigenvalue weighted by atomic mass is 9.97. The van der Waals surface area contributed by atoms with Crippen LogP contribution >= 0.6 is 0 Å². The van der Waals surface area contributed by atoms with Gasteiger partial charge in [0, 0.05) is 17.3 Å². The molecule has 88 valence electrons. The number of aromatic nitrogens is 1. The molecule has 2 rings (SSSR count). The van der Waals surface area contributed by atoms with Crippen LogP contribution in [0.3, 0.4) is 0 Å². The highest BCUT2D eigenvalue weighted by molar-refractivity contribution is 6.11. The zero-order chi connectivity index (χ0) is 13.0. The van der Waals surface area contributed by atoms with Crippen molar-refractivity contribution >= 4 is 5.78 Å². The molecule has 1 aromatic carbocycles. The predicted molar refractivity (Wildman–Crippen MR) is 68.2 cm³/mol. The fourth-order valence-electron chi connectivity index (χ4n) is 1.85. The largest absolute Gasteiger partial charge is 0.288 e. The van der Waals surface area contributed by atoms with Gasteiger partial charge in [-0.1, -0.05) is 19.1 Å². The topological polar surface area (TPSA) is 53.8 Å². The molecule has 0 N–H and O–H groups in total. The number of nitrogens with zero attached hydrogens (tertiary/aromatic N) is 2. The number of carbonyl (C=O) groups excluding carboxylic acids is 1. The molecule has 0 saturated heterocycles. The molecule has 0 atom stereocenters. The Morgan fingerprint density at radius 3 is 2.67 bits per heavy atom. The normalized spacial score (nSPS) is 9.78. The van der Waals surface area contributed by atoms with Crippen molar-refractivity contribution in [3.05, 3.63) is 65.0 Å². The summed E-state index contributed by atoms with van der Waals surface area (Å²) in [6, 6.07) is 12.4. The molecule has 3 nitrogen and oxygen atoms in total. The van der Waals surface area contributed by atoms with E-state index in [0.29, 0.717) is 23.1 Å². The average molecular weight is 236 g/mol. The van der Waals surface area contributed by atoms with E-state index < -0.39 is 0 Å². The van der Waals surface area contributed by atoms with Gasteiger partial charge in [0.15, 0.2) is 5.78 Å². The molecule has 0 radical (unpaired) electrons. The molecule has 0 aliphatic carbocycles. The van der Waals surface area contributed by atoms with E-state index in [9.17, 15) is 4.79 Å². The minimum atomic E-state index is -0.142. The van der Waals surface area contributed by atoms with E-state index in [1.54, 1.807) is 42.6 Å². The highest BCUT2D eigenvalue weighted by Crippen LogP contribution is 2.16. The molecule has 18 heavy (non-hydrogen) atoms. The first-order valence-electron chi connectivity index (χ1n) is 5.75. The highest BCUT2D eigenvalue weighted by Gasteiger charge is 2.16. The van der Waals surface area contributed by atoms with Crippen LogP contribution in [0.25, 0.3) is 0 Å². The number of pyridine rings is 1. The molecular formula is C15H12N2O. The molecule has 0 unspecified atom stereocenters. The Kier molecular flexibility index (Phi) is 3.49. The number of aryl methyl sites for hydroxylation is 1. The average Bonchev–Trinajstić information content (AvgIpc) is 2.46. The van der Waals surface area contributed by atoms with Crippen molar-refractivity contribution in [1.29, 1.82) is 5.26 Å². The van der Waals surface area contributed by atoms with Crippen LogP contribution in [-0.2, 0) is 6.42 Å². The Balaban J connectivity index is 2.52. The number of carbonyl (C=O) groups is 1. The third kappa shape index (κ3) is 2.14. The van der Waals surface area contributed by atoms with E-state index in [-0.39, 0.29) is 5.78 Å². The fraction of sp³-hybridized carbons (Fsp3) is 0.133. The molecule has 0 aliphatic heterocycles. The summed E-state index contributed by atoms with van der Waals surface area (Å²) in [7, 11) is 0. The first kappa shape index (κ1) is 12.0. The monoisotopic (exact) mass is 236 g/mol. The molecule has 2 aromatic rings. The van der Waals surface area contributed by atoms with Crippen LogP contribution in [0.5, 0.6) is 0 Å².